The van der Waals surface area contributed by atoms with Crippen LogP contribution in [0.2, 0.25) is 15.1 Å². The zero-order chi connectivity index (χ0) is 23.2. The number of amides is 2. The van der Waals surface area contributed by atoms with Crippen LogP contribution in [0.4, 0.5) is 0 Å². The number of ether oxygens (including phenoxy) is 1. The van der Waals surface area contributed by atoms with E-state index in [-0.39, 0.29) is 25.0 Å². The van der Waals surface area contributed by atoms with E-state index in [1.165, 1.54) is 4.90 Å². The number of nitrogens with zero attached hydrogens (tertiary/aromatic N) is 1. The minimum atomic E-state index is -0.671. The van der Waals surface area contributed by atoms with Gasteiger partial charge in [0.25, 0.3) is 5.91 Å². The molecule has 31 heavy (non-hydrogen) atoms. The molecular weight excluding hydrogens is 459 g/mol. The molecule has 0 aliphatic carbocycles. The molecule has 0 saturated heterocycles. The van der Waals surface area contributed by atoms with Crippen LogP contribution in [0.3, 0.4) is 0 Å². The van der Waals surface area contributed by atoms with Gasteiger partial charge >= 0.3 is 0 Å². The van der Waals surface area contributed by atoms with E-state index in [1.807, 2.05) is 27.7 Å². The highest BCUT2D eigenvalue weighted by Gasteiger charge is 2.31. The molecule has 0 heterocycles. The van der Waals surface area contributed by atoms with Gasteiger partial charge in [0, 0.05) is 17.1 Å². The highest BCUT2D eigenvalue weighted by Crippen LogP contribution is 2.24. The summed E-state index contributed by atoms with van der Waals surface area (Å²) in [5, 5.41) is 4.34. The van der Waals surface area contributed by atoms with Crippen LogP contribution in [0.5, 0.6) is 5.75 Å². The van der Waals surface area contributed by atoms with Crippen molar-refractivity contribution in [1.29, 1.82) is 0 Å². The maximum atomic E-state index is 13.1. The molecule has 2 aromatic carbocycles. The molecule has 2 rings (SSSR count). The molecular formula is C23H27Cl3N2O3. The van der Waals surface area contributed by atoms with Gasteiger partial charge in [-0.05, 0) is 69.2 Å². The highest BCUT2D eigenvalue weighted by atomic mass is 35.5. The van der Waals surface area contributed by atoms with E-state index in [1.54, 1.807) is 42.5 Å². The van der Waals surface area contributed by atoms with Gasteiger partial charge in [0.1, 0.15) is 11.8 Å². The van der Waals surface area contributed by atoms with Crippen LogP contribution < -0.4 is 10.1 Å². The first kappa shape index (κ1) is 25.3. The third kappa shape index (κ3) is 7.91. The minimum Gasteiger partial charge on any atom is -0.484 e. The summed E-state index contributed by atoms with van der Waals surface area (Å²) < 4.78 is 5.63. The fraction of sp³-hybridized carbons (Fsp3) is 0.391. The van der Waals surface area contributed by atoms with Crippen molar-refractivity contribution in [2.24, 2.45) is 0 Å². The lowest BCUT2D eigenvalue weighted by molar-refractivity contribution is -0.143. The fourth-order valence-electron chi connectivity index (χ4n) is 2.97. The maximum absolute atomic E-state index is 13.1. The first-order valence-electron chi connectivity index (χ1n) is 9.94. The van der Waals surface area contributed by atoms with Crippen LogP contribution in [-0.4, -0.2) is 34.9 Å². The summed E-state index contributed by atoms with van der Waals surface area (Å²) in [5.74, 6) is -0.0359. The van der Waals surface area contributed by atoms with Gasteiger partial charge in [0.2, 0.25) is 5.91 Å². The number of hydrogen-bond donors (Lipinski definition) is 1. The second kappa shape index (κ2) is 11.1. The first-order chi connectivity index (χ1) is 14.5. The monoisotopic (exact) mass is 484 g/mol. The van der Waals surface area contributed by atoms with E-state index in [0.29, 0.717) is 27.2 Å². The van der Waals surface area contributed by atoms with Crippen LogP contribution in [0.1, 0.15) is 39.7 Å². The van der Waals surface area contributed by atoms with Crippen LogP contribution in [0.25, 0.3) is 0 Å². The summed E-state index contributed by atoms with van der Waals surface area (Å²) in [5.41, 5.74) is 0.332. The summed E-state index contributed by atoms with van der Waals surface area (Å²) in [6.07, 6.45) is 0.440. The lowest BCUT2D eigenvalue weighted by Gasteiger charge is -2.33. The minimum absolute atomic E-state index is 0.190. The normalized spacial score (nSPS) is 12.2. The number of benzene rings is 2. The van der Waals surface area contributed by atoms with E-state index >= 15 is 0 Å². The number of rotatable bonds is 8. The molecule has 0 saturated carbocycles. The molecule has 0 aromatic heterocycles. The van der Waals surface area contributed by atoms with Crippen LogP contribution in [0, 0.1) is 0 Å². The summed E-state index contributed by atoms with van der Waals surface area (Å²) >= 11 is 18.1. The summed E-state index contributed by atoms with van der Waals surface area (Å²) in [4.78, 5) is 27.6. The smallest absolute Gasteiger partial charge is 0.261 e. The Balaban J connectivity index is 2.25. The zero-order valence-corrected chi connectivity index (χ0v) is 20.3. The molecule has 5 nitrogen and oxygen atoms in total. The Bertz CT molecular complexity index is 911. The molecule has 8 heteroatoms. The molecule has 2 amide bonds. The Kier molecular flexibility index (Phi) is 9.04. The number of nitrogens with one attached hydrogen (secondary N) is 1. The number of carbonyl (C=O) groups is 2. The molecule has 0 fully saturated rings. The van der Waals surface area contributed by atoms with Gasteiger partial charge < -0.3 is 15.0 Å². The van der Waals surface area contributed by atoms with Gasteiger partial charge in [-0.3, -0.25) is 9.59 Å². The SMILES string of the molecule is CC[C@H](C(=O)NC(C)(C)C)N(Cc1ccc(Cl)c(Cl)c1)C(=O)COc1ccc(Cl)cc1. The molecule has 0 radical (unpaired) electrons. The standard InChI is InChI=1S/C23H27Cl3N2O3/c1-5-20(22(30)27-23(2,3)4)28(13-15-6-11-18(25)19(26)12-15)21(29)14-31-17-9-7-16(24)8-10-17/h6-12,20H,5,13-14H2,1-4H3,(H,27,30)/t20-/m1/s1. The van der Waals surface area contributed by atoms with Crippen molar-refractivity contribution in [1.82, 2.24) is 10.2 Å². The van der Waals surface area contributed by atoms with E-state index < -0.39 is 11.6 Å². The van der Waals surface area contributed by atoms with Crippen molar-refractivity contribution < 1.29 is 14.3 Å². The van der Waals surface area contributed by atoms with Gasteiger partial charge in [0.05, 0.1) is 10.0 Å². The Morgan fingerprint density at radius 1 is 1.03 bits per heavy atom. The fourth-order valence-corrected chi connectivity index (χ4v) is 3.41. The number of carbonyl (C=O) groups excluding carboxylic acids is 2. The van der Waals surface area contributed by atoms with E-state index in [2.05, 4.69) is 5.32 Å². The van der Waals surface area contributed by atoms with Crippen LogP contribution in [0.15, 0.2) is 42.5 Å². The molecule has 168 valence electrons. The predicted octanol–water partition coefficient (Wildman–Crippen LogP) is 5.75. The van der Waals surface area contributed by atoms with Gasteiger partial charge in [-0.15, -0.1) is 0 Å². The average molecular weight is 486 g/mol. The quantitative estimate of drug-likeness (QED) is 0.518. The highest BCUT2D eigenvalue weighted by molar-refractivity contribution is 6.42. The topological polar surface area (TPSA) is 58.6 Å². The molecule has 1 atom stereocenters. The lowest BCUT2D eigenvalue weighted by Crippen LogP contribution is -2.54. The predicted molar refractivity (Wildman–Crippen MR) is 126 cm³/mol. The van der Waals surface area contributed by atoms with E-state index in [9.17, 15) is 9.59 Å². The van der Waals surface area contributed by atoms with Crippen molar-refractivity contribution in [3.05, 3.63) is 63.1 Å². The van der Waals surface area contributed by atoms with Crippen molar-refractivity contribution >= 4 is 46.6 Å². The second-order valence-electron chi connectivity index (χ2n) is 8.18. The Morgan fingerprint density at radius 3 is 2.23 bits per heavy atom. The maximum Gasteiger partial charge on any atom is 0.261 e. The van der Waals surface area contributed by atoms with Gasteiger partial charge in [-0.25, -0.2) is 0 Å². The van der Waals surface area contributed by atoms with Crippen LogP contribution >= 0.6 is 34.8 Å². The summed E-state index contributed by atoms with van der Waals surface area (Å²) in [7, 11) is 0. The van der Waals surface area contributed by atoms with E-state index in [4.69, 9.17) is 39.5 Å². The third-order valence-electron chi connectivity index (χ3n) is 4.40. The molecule has 2 aromatic rings. The summed E-state index contributed by atoms with van der Waals surface area (Å²) in [6.45, 7) is 7.52. The first-order valence-corrected chi connectivity index (χ1v) is 11.1. The van der Waals surface area contributed by atoms with Gasteiger partial charge in [-0.1, -0.05) is 47.8 Å². The van der Waals surface area contributed by atoms with Gasteiger partial charge in [0.15, 0.2) is 6.61 Å². The van der Waals surface area contributed by atoms with E-state index in [0.717, 1.165) is 5.56 Å². The Labute approximate surface area is 198 Å². The largest absolute Gasteiger partial charge is 0.484 e. The Morgan fingerprint density at radius 2 is 1.68 bits per heavy atom. The average Bonchev–Trinajstić information content (AvgIpc) is 2.68. The van der Waals surface area contributed by atoms with Crippen LogP contribution in [-0.2, 0) is 16.1 Å². The lowest BCUT2D eigenvalue weighted by atomic mass is 10.1. The molecule has 0 unspecified atom stereocenters. The third-order valence-corrected chi connectivity index (χ3v) is 5.39. The number of hydrogen-bond acceptors (Lipinski definition) is 3. The van der Waals surface area contributed by atoms with Crippen molar-refractivity contribution in [2.45, 2.75) is 52.2 Å². The van der Waals surface area contributed by atoms with Crippen molar-refractivity contribution in [3.63, 3.8) is 0 Å². The zero-order valence-electron chi connectivity index (χ0n) is 18.0. The van der Waals surface area contributed by atoms with Crippen molar-refractivity contribution in [3.8, 4) is 5.75 Å². The second-order valence-corrected chi connectivity index (χ2v) is 9.43. The molecule has 1 N–H and O–H groups in total. The molecule has 0 aliphatic heterocycles. The van der Waals surface area contributed by atoms with Gasteiger partial charge in [-0.2, -0.15) is 0 Å². The van der Waals surface area contributed by atoms with Crippen molar-refractivity contribution in [2.75, 3.05) is 6.61 Å². The molecule has 0 bridgehead atoms. The summed E-state index contributed by atoms with van der Waals surface area (Å²) in [6, 6.07) is 11.2. The molecule has 0 spiro atoms. The molecule has 0 aliphatic rings. The number of halogens is 3. The Hall–Kier alpha value is -1.95.